The number of H-pyrrole nitrogens is 1. The first-order valence-corrected chi connectivity index (χ1v) is 31.2. The Labute approximate surface area is 542 Å². The van der Waals surface area contributed by atoms with E-state index in [1.54, 1.807) is 6.26 Å². The number of aromatic amines is 1. The molecule has 0 radical (unpaired) electrons. The molecule has 19 N–H and O–H groups in total. The average molecular weight is 1360 g/mol. The molecule has 0 aliphatic carbocycles. The van der Waals surface area contributed by atoms with Gasteiger partial charge in [0.05, 0.1) is 24.5 Å². The third-order valence-electron chi connectivity index (χ3n) is 14.4. The number of carboxylic acids is 5. The molecule has 94 heavy (non-hydrogen) atoms. The summed E-state index contributed by atoms with van der Waals surface area (Å²) < 4.78 is 0. The number of hydrogen-bond acceptors (Lipinski definition) is 20. The Hall–Kier alpha value is -9.49. The molecule has 12 atom stereocenters. The minimum atomic E-state index is -1.96. The molecule has 0 spiro atoms. The van der Waals surface area contributed by atoms with Crippen LogP contribution in [0.15, 0.2) is 12.5 Å². The molecule has 1 aromatic rings. The van der Waals surface area contributed by atoms with Crippen LogP contribution in [0.3, 0.4) is 0 Å². The molecule has 0 unspecified atom stereocenters. The van der Waals surface area contributed by atoms with Crippen LogP contribution in [-0.2, 0) is 87.9 Å². The van der Waals surface area contributed by atoms with Crippen molar-refractivity contribution in [3.8, 4) is 0 Å². The van der Waals surface area contributed by atoms with Crippen LogP contribution in [-0.4, -0.2) is 237 Å². The topological polar surface area (TPSA) is 590 Å². The van der Waals surface area contributed by atoms with Crippen molar-refractivity contribution in [1.82, 2.24) is 68.0 Å². The van der Waals surface area contributed by atoms with E-state index in [4.69, 9.17) is 5.73 Å². The Kier molecular flexibility index (Phi) is 34.1. The number of primary amides is 1. The van der Waals surface area contributed by atoms with Crippen molar-refractivity contribution in [2.45, 2.75) is 198 Å². The fraction of sp³-hybridized carbons (Fsp3) is 0.643. The molecule has 12 amide bonds. The number of aliphatic hydroxyl groups excluding tert-OH is 1. The largest absolute Gasteiger partial charge is 0.481 e. The number of rotatable bonds is 43. The molecule has 0 bridgehead atoms. The van der Waals surface area contributed by atoms with E-state index in [2.05, 4.69) is 63.1 Å². The van der Waals surface area contributed by atoms with E-state index < -0.39 is 249 Å². The maximum absolute atomic E-state index is 14.4. The number of aromatic nitrogens is 2. The minimum absolute atomic E-state index is 0.0337. The van der Waals surface area contributed by atoms with Crippen molar-refractivity contribution in [1.29, 1.82) is 0 Å². The SMILES string of the molecule is CSCC[C@H](NC(C)=O)C(=O)N[C@H](C(=O)N[C@@H](CCC(=O)O)C(=O)N1CCC[C@H]1C(=O)N[C@H](C(=O)N[C@@H](CCC(=O)O)C(=O)N[C@@H](Cc1c[nH]cn1)C(=O)N[C@@H](CCC(=O)O)C(=O)N[C@@H](CCC(=O)O)C(=O)N[C@@H](CC(=O)O)C(=O)N[C@H](C(N)=O)C(C)C)C(C)C)[C@@H](C)O. The van der Waals surface area contributed by atoms with Gasteiger partial charge in [-0.3, -0.25) is 81.5 Å². The molecule has 524 valence electrons. The molecule has 2 heterocycles. The smallest absolute Gasteiger partial charge is 0.305 e. The van der Waals surface area contributed by atoms with Gasteiger partial charge in [0.25, 0.3) is 0 Å². The molecular weight excluding hydrogens is 1270 g/mol. The number of nitrogens with zero attached hydrogens (tertiary/aromatic N) is 2. The number of aliphatic hydroxyl groups is 1. The third kappa shape index (κ3) is 28.2. The second kappa shape index (κ2) is 39.8. The van der Waals surface area contributed by atoms with E-state index in [-0.39, 0.29) is 31.5 Å². The third-order valence-corrected chi connectivity index (χ3v) is 15.1. The monoisotopic (exact) mass is 1350 g/mol. The summed E-state index contributed by atoms with van der Waals surface area (Å²) in [5.74, 6) is -21.5. The lowest BCUT2D eigenvalue weighted by molar-refractivity contribution is -0.144. The molecule has 38 heteroatoms. The van der Waals surface area contributed by atoms with Crippen molar-refractivity contribution < 1.29 is 112 Å². The number of aliphatic carboxylic acids is 5. The fourth-order valence-electron chi connectivity index (χ4n) is 9.47. The van der Waals surface area contributed by atoms with Crippen molar-refractivity contribution in [3.05, 3.63) is 18.2 Å². The van der Waals surface area contributed by atoms with Gasteiger partial charge in [-0.15, -0.1) is 0 Å². The Morgan fingerprint density at radius 2 is 0.936 bits per heavy atom. The van der Waals surface area contributed by atoms with E-state index in [1.165, 1.54) is 58.9 Å². The standard InChI is InChI=1S/C56H86N14O23S/c1-25(2)43(46(57)83)67-52(89)36(22-42(81)82)66-48(85)31(11-15-39(75)76)61-47(84)30(10-14-38(73)74)62-51(88)35(21-29-23-58-24-59-29)65-49(86)32(12-16-40(77)78)63-54(91)44(26(3)4)68-53(90)37-9-8-19-70(37)56(93)34(13-17-41(79)80)64-55(92)45(27(5)71)69-50(87)33(18-20-94-7)60-28(6)72/h23-27,30-37,43-45,71H,8-22H2,1-7H3,(H2,57,83)(H,58,59)(H,60,72)(H,61,84)(H,62,88)(H,63,91)(H,64,92)(H,65,86)(H,66,85)(H,67,89)(H,68,90)(H,69,87)(H,73,74)(H,75,76)(H,77,78)(H,79,80)(H,81,82)/t27-,30+,31+,32+,33+,34+,35+,36+,37+,43+,44+,45+/m1/s1. The number of thioether (sulfide) groups is 1. The van der Waals surface area contributed by atoms with Gasteiger partial charge < -0.3 is 99.4 Å². The van der Waals surface area contributed by atoms with E-state index in [1.807, 2.05) is 0 Å². The number of imidazole rings is 1. The van der Waals surface area contributed by atoms with Gasteiger partial charge in [-0.25, -0.2) is 4.98 Å². The number of carbonyl (C=O) groups is 17. The van der Waals surface area contributed by atoms with Gasteiger partial charge in [0, 0.05) is 51.8 Å². The van der Waals surface area contributed by atoms with E-state index >= 15 is 0 Å². The van der Waals surface area contributed by atoms with Gasteiger partial charge in [-0.1, -0.05) is 27.7 Å². The fourth-order valence-corrected chi connectivity index (χ4v) is 9.94. The first-order valence-electron chi connectivity index (χ1n) is 29.8. The van der Waals surface area contributed by atoms with Gasteiger partial charge in [0.2, 0.25) is 70.9 Å². The zero-order chi connectivity index (χ0) is 71.3. The lowest BCUT2D eigenvalue weighted by Crippen LogP contribution is -2.62. The maximum Gasteiger partial charge on any atom is 0.305 e. The van der Waals surface area contributed by atoms with E-state index in [9.17, 15) is 112 Å². The highest BCUT2D eigenvalue weighted by Gasteiger charge is 2.42. The summed E-state index contributed by atoms with van der Waals surface area (Å²) in [7, 11) is 0. The maximum atomic E-state index is 14.4. The minimum Gasteiger partial charge on any atom is -0.481 e. The normalized spacial score (nSPS) is 16.2. The molecule has 37 nitrogen and oxygen atoms in total. The summed E-state index contributed by atoms with van der Waals surface area (Å²) in [5, 5.41) is 81.8. The molecule has 1 saturated heterocycles. The summed E-state index contributed by atoms with van der Waals surface area (Å²) >= 11 is 1.36. The number of likely N-dealkylation sites (tertiary alicyclic amines) is 1. The Balaban J connectivity index is 2.51. The van der Waals surface area contributed by atoms with Crippen LogP contribution in [0.25, 0.3) is 0 Å². The molecule has 2 rings (SSSR count). The zero-order valence-electron chi connectivity index (χ0n) is 52.8. The highest BCUT2D eigenvalue weighted by molar-refractivity contribution is 7.98. The van der Waals surface area contributed by atoms with Gasteiger partial charge in [-0.05, 0) is 75.7 Å². The van der Waals surface area contributed by atoms with Crippen molar-refractivity contribution in [2.24, 2.45) is 17.6 Å². The van der Waals surface area contributed by atoms with Crippen LogP contribution >= 0.6 is 11.8 Å². The predicted molar refractivity (Wildman–Crippen MR) is 325 cm³/mol. The lowest BCUT2D eigenvalue weighted by atomic mass is 10.0. The molecular formula is C56H86N14O23S. The highest BCUT2D eigenvalue weighted by Crippen LogP contribution is 2.21. The lowest BCUT2D eigenvalue weighted by Gasteiger charge is -2.32. The van der Waals surface area contributed by atoms with Crippen LogP contribution in [0.1, 0.15) is 124 Å². The van der Waals surface area contributed by atoms with Crippen LogP contribution in [0.2, 0.25) is 0 Å². The molecule has 0 aromatic carbocycles. The first-order chi connectivity index (χ1) is 44.0. The van der Waals surface area contributed by atoms with Gasteiger partial charge in [-0.2, -0.15) is 11.8 Å². The molecule has 1 aliphatic heterocycles. The van der Waals surface area contributed by atoms with Gasteiger partial charge in [0.15, 0.2) is 0 Å². The van der Waals surface area contributed by atoms with Crippen LogP contribution in [0, 0.1) is 11.8 Å². The quantitative estimate of drug-likeness (QED) is 0.0290. The van der Waals surface area contributed by atoms with Crippen LogP contribution < -0.4 is 58.9 Å². The number of nitrogens with one attached hydrogen (secondary N) is 11. The Morgan fingerprint density at radius 1 is 0.532 bits per heavy atom. The molecule has 1 fully saturated rings. The molecule has 1 aliphatic rings. The number of nitrogens with two attached hydrogens (primary N) is 1. The summed E-state index contributed by atoms with van der Waals surface area (Å²) in [6.07, 6.45) is -4.66. The first kappa shape index (κ1) is 80.6. The number of carbonyl (C=O) groups excluding carboxylic acids is 12. The van der Waals surface area contributed by atoms with Crippen molar-refractivity contribution >= 4 is 112 Å². The molecule has 1 aromatic heterocycles. The summed E-state index contributed by atoms with van der Waals surface area (Å²) in [6.45, 7) is 8.12. The second-order valence-electron chi connectivity index (χ2n) is 22.8. The van der Waals surface area contributed by atoms with Crippen LogP contribution in [0.4, 0.5) is 0 Å². The Bertz CT molecular complexity index is 2890. The number of carboxylic acid groups (broad SMARTS) is 5. The second-order valence-corrected chi connectivity index (χ2v) is 23.8. The van der Waals surface area contributed by atoms with Crippen LogP contribution in [0.5, 0.6) is 0 Å². The van der Waals surface area contributed by atoms with Gasteiger partial charge >= 0.3 is 29.8 Å². The Morgan fingerprint density at radius 3 is 1.36 bits per heavy atom. The van der Waals surface area contributed by atoms with Crippen molar-refractivity contribution in [2.75, 3.05) is 18.6 Å². The zero-order valence-corrected chi connectivity index (χ0v) is 53.7. The average Bonchev–Trinajstić information content (AvgIpc) is 1.58. The molecule has 0 saturated carbocycles. The highest BCUT2D eigenvalue weighted by atomic mass is 32.2. The van der Waals surface area contributed by atoms with E-state index in [0.717, 1.165) is 11.8 Å². The number of hydrogen-bond donors (Lipinski definition) is 18. The summed E-state index contributed by atoms with van der Waals surface area (Å²) in [4.78, 5) is 230. The van der Waals surface area contributed by atoms with E-state index in [0.29, 0.717) is 5.75 Å². The predicted octanol–water partition coefficient (Wildman–Crippen LogP) is -5.32. The number of amides is 12. The summed E-state index contributed by atoms with van der Waals surface area (Å²) in [6, 6.07) is -18.4. The van der Waals surface area contributed by atoms with Crippen molar-refractivity contribution in [3.63, 3.8) is 0 Å². The van der Waals surface area contributed by atoms with Gasteiger partial charge in [0.1, 0.15) is 66.5 Å². The summed E-state index contributed by atoms with van der Waals surface area (Å²) in [5.41, 5.74) is 5.44.